The van der Waals surface area contributed by atoms with E-state index in [0.29, 0.717) is 5.76 Å². The molecule has 0 saturated carbocycles. The van der Waals surface area contributed by atoms with Gasteiger partial charge in [0.2, 0.25) is 5.91 Å². The molecule has 0 radical (unpaired) electrons. The third-order valence-electron chi connectivity index (χ3n) is 4.92. The van der Waals surface area contributed by atoms with E-state index >= 15 is 0 Å². The van der Waals surface area contributed by atoms with Crippen molar-refractivity contribution in [1.29, 1.82) is 0 Å². The van der Waals surface area contributed by atoms with Crippen LogP contribution in [0.15, 0.2) is 24.0 Å². The fourth-order valence-electron chi connectivity index (χ4n) is 3.17. The number of aliphatic hydroxyl groups excluding tert-OH is 1. The normalized spacial score (nSPS) is 25.1. The highest BCUT2D eigenvalue weighted by molar-refractivity contribution is 6.01. The zero-order valence-electron chi connectivity index (χ0n) is 16.2. The Hall–Kier alpha value is -2.15. The molecule has 2 amide bonds. The number of amides is 2. The minimum absolute atomic E-state index is 0.0600. The second kappa shape index (κ2) is 9.69. The van der Waals surface area contributed by atoms with Crippen LogP contribution in [0.25, 0.3) is 0 Å². The molecule has 1 saturated heterocycles. The highest BCUT2D eigenvalue weighted by atomic mass is 16.6. The van der Waals surface area contributed by atoms with Crippen molar-refractivity contribution in [1.82, 2.24) is 4.90 Å². The summed E-state index contributed by atoms with van der Waals surface area (Å²) in [7, 11) is 0. The van der Waals surface area contributed by atoms with E-state index in [9.17, 15) is 14.4 Å². The van der Waals surface area contributed by atoms with Crippen molar-refractivity contribution in [2.24, 2.45) is 11.8 Å². The number of unbranched alkanes of at least 4 members (excludes halogenated alkanes) is 3. The van der Waals surface area contributed by atoms with Crippen LogP contribution in [0.2, 0.25) is 0 Å². The van der Waals surface area contributed by atoms with Gasteiger partial charge in [0.15, 0.2) is 11.9 Å². The first-order valence-electron chi connectivity index (χ1n) is 9.56. The first-order valence-corrected chi connectivity index (χ1v) is 9.56. The Bertz CT molecular complexity index is 624. The molecule has 7 heteroatoms. The molecule has 0 unspecified atom stereocenters. The predicted octanol–water partition coefficient (Wildman–Crippen LogP) is 2.59. The lowest BCUT2D eigenvalue weighted by molar-refractivity contribution is -0.143. The van der Waals surface area contributed by atoms with Gasteiger partial charge < -0.3 is 14.6 Å². The van der Waals surface area contributed by atoms with Crippen LogP contribution in [0.1, 0.15) is 46.5 Å². The van der Waals surface area contributed by atoms with Gasteiger partial charge in [-0.2, -0.15) is 0 Å². The maximum Gasteiger partial charge on any atom is 0.416 e. The molecule has 3 atom stereocenters. The van der Waals surface area contributed by atoms with Gasteiger partial charge in [-0.25, -0.2) is 9.69 Å². The number of nitrogens with zero attached hydrogens (tertiary/aromatic N) is 1. The van der Waals surface area contributed by atoms with Crippen molar-refractivity contribution < 1.29 is 29.0 Å². The Labute approximate surface area is 160 Å². The Balaban J connectivity index is 2.04. The molecule has 0 spiro atoms. The first-order chi connectivity index (χ1) is 12.9. The van der Waals surface area contributed by atoms with Crippen LogP contribution in [-0.4, -0.2) is 53.1 Å². The Kier molecular flexibility index (Phi) is 7.59. The van der Waals surface area contributed by atoms with Crippen molar-refractivity contribution in [2.75, 3.05) is 13.2 Å². The molecule has 0 aromatic rings. The number of cyclic esters (lactones) is 1. The summed E-state index contributed by atoms with van der Waals surface area (Å²) in [6.07, 6.45) is 6.62. The second-order valence-electron chi connectivity index (χ2n) is 7.34. The average molecular weight is 379 g/mol. The summed E-state index contributed by atoms with van der Waals surface area (Å²) in [5.74, 6) is -0.932. The fraction of sp³-hybridized carbons (Fsp3) is 0.650. The van der Waals surface area contributed by atoms with Crippen LogP contribution in [0.5, 0.6) is 0 Å². The molecule has 2 heterocycles. The highest BCUT2D eigenvalue weighted by Crippen LogP contribution is 2.26. The van der Waals surface area contributed by atoms with Gasteiger partial charge in [-0.05, 0) is 50.3 Å². The van der Waals surface area contributed by atoms with E-state index < -0.39 is 24.0 Å². The molecule has 7 nitrogen and oxygen atoms in total. The molecule has 0 aliphatic carbocycles. The molecular weight excluding hydrogens is 350 g/mol. The number of carbonyl (C=O) groups excluding carboxylic acids is 3. The number of allylic oxidation sites excluding steroid dienone is 2. The van der Waals surface area contributed by atoms with Crippen LogP contribution in [0.3, 0.4) is 0 Å². The van der Waals surface area contributed by atoms with E-state index in [0.717, 1.165) is 30.6 Å². The molecule has 1 N–H and O–H groups in total. The summed E-state index contributed by atoms with van der Waals surface area (Å²) in [5.41, 5.74) is 0. The van der Waals surface area contributed by atoms with E-state index in [1.807, 2.05) is 19.9 Å². The Morgan fingerprint density at radius 2 is 2.00 bits per heavy atom. The van der Waals surface area contributed by atoms with E-state index in [1.165, 1.54) is 6.08 Å². The summed E-state index contributed by atoms with van der Waals surface area (Å²) in [6.45, 7) is 5.79. The van der Waals surface area contributed by atoms with Crippen LogP contribution in [-0.2, 0) is 19.1 Å². The standard InChI is InChI=1S/C20H29NO6/c1-13(2)16-12-26-20(25)21(16)19(24)14(3)18-17(23)10-9-15(27-18)8-6-4-5-7-11-22/h8-10,13-14,16,18,22H,4-7,11-12H2,1-3H3/t14-,16+,18-/m1/s1. The van der Waals surface area contributed by atoms with Crippen LogP contribution in [0.4, 0.5) is 4.79 Å². The fourth-order valence-corrected chi connectivity index (χ4v) is 3.17. The third kappa shape index (κ3) is 5.19. The number of aliphatic hydroxyl groups is 1. The Morgan fingerprint density at radius 3 is 2.67 bits per heavy atom. The van der Waals surface area contributed by atoms with E-state index in [2.05, 4.69) is 0 Å². The molecule has 0 aromatic heterocycles. The summed E-state index contributed by atoms with van der Waals surface area (Å²) < 4.78 is 10.8. The lowest BCUT2D eigenvalue weighted by atomic mass is 9.95. The smallest absolute Gasteiger partial charge is 0.416 e. The van der Waals surface area contributed by atoms with Gasteiger partial charge in [-0.3, -0.25) is 9.59 Å². The summed E-state index contributed by atoms with van der Waals surface area (Å²) >= 11 is 0. The lowest BCUT2D eigenvalue weighted by Gasteiger charge is -2.30. The summed E-state index contributed by atoms with van der Waals surface area (Å²) in [6, 6.07) is -0.330. The number of hydrogen-bond acceptors (Lipinski definition) is 6. The van der Waals surface area contributed by atoms with E-state index in [4.69, 9.17) is 14.6 Å². The zero-order chi connectivity index (χ0) is 20.0. The van der Waals surface area contributed by atoms with Gasteiger partial charge in [0.1, 0.15) is 12.4 Å². The van der Waals surface area contributed by atoms with E-state index in [-0.39, 0.29) is 31.0 Å². The van der Waals surface area contributed by atoms with Crippen molar-refractivity contribution >= 4 is 17.8 Å². The lowest BCUT2D eigenvalue weighted by Crippen LogP contribution is -2.48. The quantitative estimate of drug-likeness (QED) is 0.652. The first kappa shape index (κ1) is 21.2. The van der Waals surface area contributed by atoms with Gasteiger partial charge in [0.05, 0.1) is 12.0 Å². The van der Waals surface area contributed by atoms with Crippen LogP contribution < -0.4 is 0 Å². The predicted molar refractivity (Wildman–Crippen MR) is 98.6 cm³/mol. The summed E-state index contributed by atoms with van der Waals surface area (Å²) in [4.78, 5) is 38.3. The number of carbonyl (C=O) groups is 3. The highest BCUT2D eigenvalue weighted by Gasteiger charge is 2.44. The SMILES string of the molecule is CC(C)[C@@H]1COC(=O)N1C(=O)[C@H](C)[C@H]1OC(=CCCCCCO)C=CC1=O. The Morgan fingerprint density at radius 1 is 1.26 bits per heavy atom. The van der Waals surface area contributed by atoms with Crippen LogP contribution >= 0.6 is 0 Å². The minimum Gasteiger partial charge on any atom is -0.482 e. The number of rotatable bonds is 8. The van der Waals surface area contributed by atoms with Crippen molar-refractivity contribution in [3.05, 3.63) is 24.0 Å². The molecule has 0 bridgehead atoms. The topological polar surface area (TPSA) is 93.1 Å². The van der Waals surface area contributed by atoms with E-state index in [1.54, 1.807) is 13.0 Å². The molecule has 2 aliphatic rings. The summed E-state index contributed by atoms with van der Waals surface area (Å²) in [5, 5.41) is 8.80. The van der Waals surface area contributed by atoms with Gasteiger partial charge in [-0.1, -0.05) is 20.3 Å². The number of imide groups is 1. The number of ketones is 1. The van der Waals surface area contributed by atoms with Gasteiger partial charge in [0.25, 0.3) is 0 Å². The van der Waals surface area contributed by atoms with Crippen molar-refractivity contribution in [3.63, 3.8) is 0 Å². The minimum atomic E-state index is -0.951. The number of hydrogen-bond donors (Lipinski definition) is 1. The van der Waals surface area contributed by atoms with Gasteiger partial charge in [-0.15, -0.1) is 0 Å². The second-order valence-corrected chi connectivity index (χ2v) is 7.34. The third-order valence-corrected chi connectivity index (χ3v) is 4.92. The monoisotopic (exact) mass is 379 g/mol. The van der Waals surface area contributed by atoms with Gasteiger partial charge in [0, 0.05) is 6.61 Å². The number of ether oxygens (including phenoxy) is 2. The zero-order valence-corrected chi connectivity index (χ0v) is 16.2. The molecule has 2 aliphatic heterocycles. The molecular formula is C20H29NO6. The molecule has 150 valence electrons. The molecule has 27 heavy (non-hydrogen) atoms. The van der Waals surface area contributed by atoms with Crippen LogP contribution in [0, 0.1) is 11.8 Å². The van der Waals surface area contributed by atoms with Crippen molar-refractivity contribution in [3.8, 4) is 0 Å². The molecule has 1 fully saturated rings. The van der Waals surface area contributed by atoms with Crippen molar-refractivity contribution in [2.45, 2.75) is 58.6 Å². The largest absolute Gasteiger partial charge is 0.482 e. The maximum atomic E-state index is 12.9. The molecule has 2 rings (SSSR count). The molecule has 0 aromatic carbocycles. The van der Waals surface area contributed by atoms with Gasteiger partial charge >= 0.3 is 6.09 Å². The maximum absolute atomic E-state index is 12.9. The average Bonchev–Trinajstić information content (AvgIpc) is 3.03.